The van der Waals surface area contributed by atoms with Crippen LogP contribution >= 0.6 is 11.3 Å². The van der Waals surface area contributed by atoms with Crippen molar-refractivity contribution in [1.82, 2.24) is 4.98 Å². The molecule has 2 aromatic heterocycles. The molecule has 0 bridgehead atoms. The first-order valence-corrected chi connectivity index (χ1v) is 6.98. The van der Waals surface area contributed by atoms with E-state index in [0.717, 1.165) is 17.7 Å². The highest BCUT2D eigenvalue weighted by molar-refractivity contribution is 7.13. The van der Waals surface area contributed by atoms with E-state index in [0.29, 0.717) is 18.3 Å². The third-order valence-corrected chi connectivity index (χ3v) is 3.69. The fourth-order valence-corrected chi connectivity index (χ4v) is 2.54. The lowest BCUT2D eigenvalue weighted by atomic mass is 10.2. The number of rotatable bonds is 4. The van der Waals surface area contributed by atoms with Gasteiger partial charge in [0.1, 0.15) is 0 Å². The number of carbonyl (C=O) groups excluding carboxylic acids is 1. The Morgan fingerprint density at radius 1 is 1.58 bits per heavy atom. The van der Waals surface area contributed by atoms with Crippen molar-refractivity contribution in [3.63, 3.8) is 0 Å². The van der Waals surface area contributed by atoms with Crippen molar-refractivity contribution in [2.75, 3.05) is 6.61 Å². The van der Waals surface area contributed by atoms with Gasteiger partial charge >= 0.3 is 5.97 Å². The van der Waals surface area contributed by atoms with Crippen LogP contribution in [0, 0.1) is 0 Å². The zero-order valence-corrected chi connectivity index (χ0v) is 11.0. The Morgan fingerprint density at radius 3 is 3.26 bits per heavy atom. The van der Waals surface area contributed by atoms with Crippen molar-refractivity contribution in [3.8, 4) is 10.8 Å². The van der Waals surface area contributed by atoms with Gasteiger partial charge in [-0.2, -0.15) is 0 Å². The number of ether oxygens (including phenoxy) is 2. The monoisotopic (exact) mass is 279 g/mol. The predicted molar refractivity (Wildman–Crippen MR) is 68.6 cm³/mol. The van der Waals surface area contributed by atoms with Gasteiger partial charge in [-0.05, 0) is 24.3 Å². The summed E-state index contributed by atoms with van der Waals surface area (Å²) < 4.78 is 15.9. The molecule has 3 heterocycles. The Morgan fingerprint density at radius 2 is 2.53 bits per heavy atom. The molecule has 0 saturated carbocycles. The van der Waals surface area contributed by atoms with Gasteiger partial charge in [0.05, 0.1) is 11.1 Å². The van der Waals surface area contributed by atoms with E-state index in [4.69, 9.17) is 13.9 Å². The van der Waals surface area contributed by atoms with Crippen LogP contribution in [0.3, 0.4) is 0 Å². The van der Waals surface area contributed by atoms with Crippen molar-refractivity contribution < 1.29 is 18.7 Å². The Kier molecular flexibility index (Phi) is 3.61. The maximum atomic E-state index is 11.6. The fourth-order valence-electron chi connectivity index (χ4n) is 1.89. The lowest BCUT2D eigenvalue weighted by Crippen LogP contribution is -2.21. The lowest BCUT2D eigenvalue weighted by Gasteiger charge is -2.07. The van der Waals surface area contributed by atoms with Gasteiger partial charge in [-0.3, -0.25) is 0 Å². The molecule has 1 unspecified atom stereocenters. The van der Waals surface area contributed by atoms with E-state index >= 15 is 0 Å². The van der Waals surface area contributed by atoms with Crippen LogP contribution < -0.4 is 0 Å². The summed E-state index contributed by atoms with van der Waals surface area (Å²) in [5, 5.41) is 1.96. The first-order chi connectivity index (χ1) is 9.33. The summed E-state index contributed by atoms with van der Waals surface area (Å²) in [5.74, 6) is 0.763. The van der Waals surface area contributed by atoms with E-state index in [1.54, 1.807) is 17.5 Å². The molecular weight excluding hydrogens is 266 g/mol. The number of hydrogen-bond acceptors (Lipinski definition) is 6. The molecule has 1 aliphatic heterocycles. The molecule has 0 aliphatic carbocycles. The van der Waals surface area contributed by atoms with Gasteiger partial charge in [0.25, 0.3) is 0 Å². The molecule has 19 heavy (non-hydrogen) atoms. The van der Waals surface area contributed by atoms with Crippen molar-refractivity contribution in [3.05, 3.63) is 29.5 Å². The van der Waals surface area contributed by atoms with E-state index in [1.807, 2.05) is 17.5 Å². The second kappa shape index (κ2) is 5.54. The number of aromatic nitrogens is 1. The van der Waals surface area contributed by atoms with Crippen LogP contribution in [0.4, 0.5) is 0 Å². The third-order valence-electron chi connectivity index (χ3n) is 2.83. The number of hydrogen-bond donors (Lipinski definition) is 0. The van der Waals surface area contributed by atoms with E-state index in [2.05, 4.69) is 4.98 Å². The minimum absolute atomic E-state index is 0.0943. The molecule has 1 aliphatic rings. The van der Waals surface area contributed by atoms with Gasteiger partial charge in [0.15, 0.2) is 18.5 Å². The standard InChI is InChI=1S/C13H13NO4S/c15-13(10-3-1-5-16-10)17-8-9-7-14-12(18-9)11-4-2-6-19-11/h2,4,6-7,10H,1,3,5,8H2. The summed E-state index contributed by atoms with van der Waals surface area (Å²) in [5.41, 5.74) is 0. The first-order valence-electron chi connectivity index (χ1n) is 6.10. The van der Waals surface area contributed by atoms with Gasteiger partial charge in [-0.15, -0.1) is 11.3 Å². The van der Waals surface area contributed by atoms with Gasteiger partial charge in [-0.25, -0.2) is 9.78 Å². The highest BCUT2D eigenvalue weighted by atomic mass is 32.1. The quantitative estimate of drug-likeness (QED) is 0.805. The minimum atomic E-state index is -0.417. The minimum Gasteiger partial charge on any atom is -0.456 e. The Hall–Kier alpha value is -1.66. The average molecular weight is 279 g/mol. The van der Waals surface area contributed by atoms with Crippen LogP contribution in [0.15, 0.2) is 28.1 Å². The summed E-state index contributed by atoms with van der Waals surface area (Å²) in [6, 6.07) is 3.86. The van der Waals surface area contributed by atoms with Crippen LogP contribution in [-0.4, -0.2) is 23.7 Å². The summed E-state index contributed by atoms with van der Waals surface area (Å²) >= 11 is 1.55. The normalized spacial score (nSPS) is 18.6. The average Bonchev–Trinajstić information content (AvgIpc) is 3.14. The van der Waals surface area contributed by atoms with Crippen molar-refractivity contribution >= 4 is 17.3 Å². The van der Waals surface area contributed by atoms with Crippen molar-refractivity contribution in [2.24, 2.45) is 0 Å². The third kappa shape index (κ3) is 2.85. The summed E-state index contributed by atoms with van der Waals surface area (Å²) in [7, 11) is 0. The summed E-state index contributed by atoms with van der Waals surface area (Å²) in [6.07, 6.45) is 2.80. The largest absolute Gasteiger partial charge is 0.456 e. The molecule has 2 aromatic rings. The van der Waals surface area contributed by atoms with Gasteiger partial charge in [0.2, 0.25) is 5.89 Å². The fraction of sp³-hybridized carbons (Fsp3) is 0.385. The molecule has 100 valence electrons. The first kappa shape index (κ1) is 12.4. The van der Waals surface area contributed by atoms with Crippen LogP contribution in [0.2, 0.25) is 0 Å². The highest BCUT2D eigenvalue weighted by Gasteiger charge is 2.25. The van der Waals surface area contributed by atoms with Crippen molar-refractivity contribution in [1.29, 1.82) is 0 Å². The molecule has 3 rings (SSSR count). The number of esters is 1. The topological polar surface area (TPSA) is 61.6 Å². The maximum absolute atomic E-state index is 11.6. The number of oxazole rings is 1. The molecule has 1 atom stereocenters. The van der Waals surface area contributed by atoms with Crippen LogP contribution in [-0.2, 0) is 20.9 Å². The zero-order chi connectivity index (χ0) is 13.1. The SMILES string of the molecule is O=C(OCc1cnc(-c2cccs2)o1)C1CCCO1. The second-order valence-corrected chi connectivity index (χ2v) is 5.17. The predicted octanol–water partition coefficient (Wildman–Crippen LogP) is 2.63. The van der Waals surface area contributed by atoms with E-state index in [-0.39, 0.29) is 12.6 Å². The molecule has 0 amide bonds. The molecule has 6 heteroatoms. The van der Waals surface area contributed by atoms with E-state index < -0.39 is 6.10 Å². The Balaban J connectivity index is 1.57. The smallest absolute Gasteiger partial charge is 0.335 e. The highest BCUT2D eigenvalue weighted by Crippen LogP contribution is 2.24. The van der Waals surface area contributed by atoms with Crippen molar-refractivity contribution in [2.45, 2.75) is 25.6 Å². The molecule has 0 aromatic carbocycles. The molecule has 1 fully saturated rings. The van der Waals surface area contributed by atoms with E-state index in [1.165, 1.54) is 0 Å². The Bertz CT molecular complexity index is 543. The Labute approximate surface area is 114 Å². The maximum Gasteiger partial charge on any atom is 0.335 e. The van der Waals surface area contributed by atoms with Gasteiger partial charge < -0.3 is 13.9 Å². The van der Waals surface area contributed by atoms with Crippen LogP contribution in [0.1, 0.15) is 18.6 Å². The molecule has 5 nitrogen and oxygen atoms in total. The zero-order valence-electron chi connectivity index (χ0n) is 10.2. The molecule has 0 radical (unpaired) electrons. The van der Waals surface area contributed by atoms with E-state index in [9.17, 15) is 4.79 Å². The van der Waals surface area contributed by atoms with Crippen LogP contribution in [0.25, 0.3) is 10.8 Å². The summed E-state index contributed by atoms with van der Waals surface area (Å²) in [6.45, 7) is 0.724. The number of nitrogens with zero attached hydrogens (tertiary/aromatic N) is 1. The number of thiophene rings is 1. The second-order valence-electron chi connectivity index (χ2n) is 4.22. The van der Waals surface area contributed by atoms with Gasteiger partial charge in [0, 0.05) is 6.61 Å². The molecular formula is C13H13NO4S. The van der Waals surface area contributed by atoms with Crippen LogP contribution in [0.5, 0.6) is 0 Å². The summed E-state index contributed by atoms with van der Waals surface area (Å²) in [4.78, 5) is 16.8. The molecule has 0 spiro atoms. The number of carbonyl (C=O) groups is 1. The van der Waals surface area contributed by atoms with Gasteiger partial charge in [-0.1, -0.05) is 6.07 Å². The lowest BCUT2D eigenvalue weighted by molar-refractivity contribution is -0.156. The molecule has 0 N–H and O–H groups in total. The molecule has 1 saturated heterocycles.